The molecule has 20 heavy (non-hydrogen) atoms. The van der Waals surface area contributed by atoms with Crippen molar-refractivity contribution in [3.05, 3.63) is 42.2 Å². The van der Waals surface area contributed by atoms with Crippen molar-refractivity contribution in [1.29, 1.82) is 0 Å². The van der Waals surface area contributed by atoms with Crippen LogP contribution in [-0.4, -0.2) is 50.6 Å². The van der Waals surface area contributed by atoms with Gasteiger partial charge in [0.1, 0.15) is 0 Å². The number of aliphatic hydroxyl groups is 1. The van der Waals surface area contributed by atoms with Crippen LogP contribution >= 0.6 is 0 Å². The molecule has 0 aliphatic rings. The highest BCUT2D eigenvalue weighted by Crippen LogP contribution is 2.10. The fourth-order valence-electron chi connectivity index (χ4n) is 1.81. The molecule has 0 bridgehead atoms. The number of hydrogen-bond donors (Lipinski definition) is 1. The molecule has 2 aromatic rings. The summed E-state index contributed by atoms with van der Waals surface area (Å²) in [5.74, 6) is -0.0595. The van der Waals surface area contributed by atoms with Gasteiger partial charge in [-0.2, -0.15) is 0 Å². The molecule has 1 heterocycles. The first-order valence-electron chi connectivity index (χ1n) is 6.48. The molecule has 1 N–H and O–H groups in total. The molecular weight excluding hydrogens is 256 g/mol. The molecule has 106 valence electrons. The number of aliphatic hydroxyl groups excluding tert-OH is 1. The Morgan fingerprint density at radius 2 is 2.10 bits per heavy atom. The molecule has 1 unspecified atom stereocenters. The third kappa shape index (κ3) is 3.42. The van der Waals surface area contributed by atoms with Crippen molar-refractivity contribution in [3.8, 4) is 5.69 Å². The van der Waals surface area contributed by atoms with Crippen LogP contribution < -0.4 is 0 Å². The first kappa shape index (κ1) is 14.2. The molecule has 0 saturated heterocycles. The number of hydrogen-bond acceptors (Lipinski definition) is 4. The summed E-state index contributed by atoms with van der Waals surface area (Å²) < 4.78 is 1.63. The van der Waals surface area contributed by atoms with Crippen molar-refractivity contribution in [2.75, 3.05) is 13.6 Å². The van der Waals surface area contributed by atoms with E-state index in [1.54, 1.807) is 48.1 Å². The van der Waals surface area contributed by atoms with Crippen molar-refractivity contribution in [2.24, 2.45) is 0 Å². The molecule has 0 saturated carbocycles. The molecule has 0 spiro atoms. The number of carbonyl (C=O) groups excluding carboxylic acids is 1. The van der Waals surface area contributed by atoms with E-state index in [2.05, 4.69) is 10.3 Å². The highest BCUT2D eigenvalue weighted by Gasteiger charge is 2.12. The first-order valence-corrected chi connectivity index (χ1v) is 6.48. The largest absolute Gasteiger partial charge is 0.393 e. The Balaban J connectivity index is 2.04. The Morgan fingerprint density at radius 3 is 2.65 bits per heavy atom. The molecular formula is C14H18N4O2. The number of nitrogens with zero attached hydrogens (tertiary/aromatic N) is 4. The van der Waals surface area contributed by atoms with Gasteiger partial charge in [-0.05, 0) is 37.6 Å². The van der Waals surface area contributed by atoms with E-state index in [0.29, 0.717) is 18.5 Å². The number of carbonyl (C=O) groups is 1. The van der Waals surface area contributed by atoms with Gasteiger partial charge in [0.2, 0.25) is 0 Å². The third-order valence-corrected chi connectivity index (χ3v) is 3.03. The normalized spacial score (nSPS) is 12.2. The Kier molecular flexibility index (Phi) is 4.47. The quantitative estimate of drug-likeness (QED) is 0.886. The molecule has 1 amide bonds. The van der Waals surface area contributed by atoms with Crippen LogP contribution in [0.3, 0.4) is 0 Å². The summed E-state index contributed by atoms with van der Waals surface area (Å²) in [7, 11) is 1.73. The van der Waals surface area contributed by atoms with Crippen molar-refractivity contribution in [2.45, 2.75) is 19.4 Å². The minimum atomic E-state index is -0.403. The van der Waals surface area contributed by atoms with Crippen LogP contribution in [0, 0.1) is 0 Å². The van der Waals surface area contributed by atoms with Gasteiger partial charge in [0.05, 0.1) is 24.2 Å². The Hall–Kier alpha value is -2.21. The predicted molar refractivity (Wildman–Crippen MR) is 74.6 cm³/mol. The average Bonchev–Trinajstić information content (AvgIpc) is 2.98. The molecule has 1 aromatic heterocycles. The van der Waals surface area contributed by atoms with E-state index in [1.165, 1.54) is 0 Å². The number of benzene rings is 1. The fraction of sp³-hybridized carbons (Fsp3) is 0.357. The Morgan fingerprint density at radius 1 is 1.40 bits per heavy atom. The highest BCUT2D eigenvalue weighted by atomic mass is 16.3. The van der Waals surface area contributed by atoms with Gasteiger partial charge >= 0.3 is 0 Å². The van der Waals surface area contributed by atoms with Crippen molar-refractivity contribution >= 4 is 5.91 Å². The Bertz CT molecular complexity index is 549. The van der Waals surface area contributed by atoms with Crippen LogP contribution in [0.15, 0.2) is 36.7 Å². The monoisotopic (exact) mass is 274 g/mol. The van der Waals surface area contributed by atoms with E-state index in [9.17, 15) is 9.90 Å². The van der Waals surface area contributed by atoms with Gasteiger partial charge in [-0.25, -0.2) is 4.68 Å². The standard InChI is InChI=1S/C14H18N4O2/c1-11(19)7-9-17(2)14(20)12-3-5-13(6-4-12)18-10-8-15-16-18/h3-6,8,10-11,19H,7,9H2,1-2H3. The fourth-order valence-corrected chi connectivity index (χ4v) is 1.81. The zero-order valence-electron chi connectivity index (χ0n) is 11.6. The van der Waals surface area contributed by atoms with Gasteiger partial charge in [0, 0.05) is 19.2 Å². The van der Waals surface area contributed by atoms with Crippen LogP contribution in [0.25, 0.3) is 5.69 Å². The summed E-state index contributed by atoms with van der Waals surface area (Å²) in [6.07, 6.45) is 3.51. The number of rotatable bonds is 5. The summed E-state index contributed by atoms with van der Waals surface area (Å²) in [4.78, 5) is 13.8. The zero-order valence-corrected chi connectivity index (χ0v) is 11.6. The average molecular weight is 274 g/mol. The summed E-state index contributed by atoms with van der Waals surface area (Å²) in [5.41, 5.74) is 1.47. The van der Waals surface area contributed by atoms with Crippen molar-refractivity contribution < 1.29 is 9.90 Å². The minimum Gasteiger partial charge on any atom is -0.393 e. The summed E-state index contributed by atoms with van der Waals surface area (Å²) in [6, 6.07) is 7.17. The van der Waals surface area contributed by atoms with Crippen LogP contribution in [0.4, 0.5) is 0 Å². The topological polar surface area (TPSA) is 71.2 Å². The maximum atomic E-state index is 12.2. The molecule has 2 rings (SSSR count). The zero-order chi connectivity index (χ0) is 14.5. The SMILES string of the molecule is CC(O)CCN(C)C(=O)c1ccc(-n2ccnn2)cc1. The lowest BCUT2D eigenvalue weighted by Crippen LogP contribution is -2.29. The van der Waals surface area contributed by atoms with E-state index < -0.39 is 6.10 Å². The van der Waals surface area contributed by atoms with Crippen molar-refractivity contribution in [3.63, 3.8) is 0 Å². The van der Waals surface area contributed by atoms with Crippen LogP contribution in [-0.2, 0) is 0 Å². The maximum Gasteiger partial charge on any atom is 0.253 e. The molecule has 0 fully saturated rings. The second-order valence-electron chi connectivity index (χ2n) is 4.76. The Labute approximate surface area is 117 Å². The van der Waals surface area contributed by atoms with Gasteiger partial charge in [-0.3, -0.25) is 4.79 Å². The van der Waals surface area contributed by atoms with E-state index in [-0.39, 0.29) is 5.91 Å². The summed E-state index contributed by atoms with van der Waals surface area (Å²) in [5, 5.41) is 16.9. The predicted octanol–water partition coefficient (Wildman–Crippen LogP) is 1.11. The van der Waals surface area contributed by atoms with E-state index in [0.717, 1.165) is 5.69 Å². The van der Waals surface area contributed by atoms with Gasteiger partial charge < -0.3 is 10.0 Å². The van der Waals surface area contributed by atoms with E-state index in [4.69, 9.17) is 0 Å². The second kappa shape index (κ2) is 6.29. The minimum absolute atomic E-state index is 0.0595. The smallest absolute Gasteiger partial charge is 0.253 e. The number of amides is 1. The lowest BCUT2D eigenvalue weighted by Gasteiger charge is -2.18. The molecule has 1 atom stereocenters. The highest BCUT2D eigenvalue weighted by molar-refractivity contribution is 5.94. The summed E-state index contributed by atoms with van der Waals surface area (Å²) >= 11 is 0. The molecule has 1 aromatic carbocycles. The van der Waals surface area contributed by atoms with E-state index >= 15 is 0 Å². The maximum absolute atomic E-state index is 12.2. The van der Waals surface area contributed by atoms with Crippen molar-refractivity contribution in [1.82, 2.24) is 19.9 Å². The van der Waals surface area contributed by atoms with Gasteiger partial charge in [0.15, 0.2) is 0 Å². The van der Waals surface area contributed by atoms with Gasteiger partial charge in [0.25, 0.3) is 5.91 Å². The lowest BCUT2D eigenvalue weighted by atomic mass is 10.1. The van der Waals surface area contributed by atoms with Crippen LogP contribution in [0.5, 0.6) is 0 Å². The van der Waals surface area contributed by atoms with Gasteiger partial charge in [-0.1, -0.05) is 5.21 Å². The molecule has 0 aliphatic carbocycles. The number of aromatic nitrogens is 3. The lowest BCUT2D eigenvalue weighted by molar-refractivity contribution is 0.0769. The molecule has 0 aliphatic heterocycles. The second-order valence-corrected chi connectivity index (χ2v) is 4.76. The third-order valence-electron chi connectivity index (χ3n) is 3.03. The molecule has 6 heteroatoms. The van der Waals surface area contributed by atoms with E-state index in [1.807, 2.05) is 12.1 Å². The van der Waals surface area contributed by atoms with Crippen LogP contribution in [0.1, 0.15) is 23.7 Å². The molecule has 6 nitrogen and oxygen atoms in total. The first-order chi connectivity index (χ1) is 9.58. The molecule has 0 radical (unpaired) electrons. The summed E-state index contributed by atoms with van der Waals surface area (Å²) in [6.45, 7) is 2.24. The van der Waals surface area contributed by atoms with Crippen LogP contribution in [0.2, 0.25) is 0 Å². The van der Waals surface area contributed by atoms with Gasteiger partial charge in [-0.15, -0.1) is 5.10 Å².